The number of halogens is 1. The molecule has 0 bridgehead atoms. The minimum absolute atomic E-state index is 0.00819. The van der Waals surface area contributed by atoms with Gasteiger partial charge in [0.15, 0.2) is 17.5 Å². The monoisotopic (exact) mass is 382 g/mol. The van der Waals surface area contributed by atoms with Crippen molar-refractivity contribution in [2.75, 3.05) is 5.32 Å². The molecular weight excluding hydrogens is 359 g/mol. The first-order chi connectivity index (χ1) is 13.7. The van der Waals surface area contributed by atoms with Crippen molar-refractivity contribution in [1.82, 2.24) is 25.3 Å². The number of carbonyl (C=O) groups is 1. The summed E-state index contributed by atoms with van der Waals surface area (Å²) in [4.78, 5) is 27.8. The van der Waals surface area contributed by atoms with Crippen LogP contribution in [-0.2, 0) is 4.79 Å². The van der Waals surface area contributed by atoms with Gasteiger partial charge in [0.2, 0.25) is 5.91 Å². The summed E-state index contributed by atoms with van der Waals surface area (Å²) in [7, 11) is 0. The van der Waals surface area contributed by atoms with E-state index < -0.39 is 5.82 Å². The second kappa shape index (κ2) is 7.92. The van der Waals surface area contributed by atoms with Crippen molar-refractivity contribution in [1.29, 1.82) is 0 Å². The van der Waals surface area contributed by atoms with E-state index in [0.717, 1.165) is 42.3 Å². The number of pyridine rings is 1. The lowest BCUT2D eigenvalue weighted by atomic mass is 9.90. The van der Waals surface area contributed by atoms with Crippen molar-refractivity contribution < 1.29 is 9.18 Å². The highest BCUT2D eigenvalue weighted by Crippen LogP contribution is 2.27. The Morgan fingerprint density at radius 1 is 1.29 bits per heavy atom. The molecule has 28 heavy (non-hydrogen) atoms. The zero-order valence-electron chi connectivity index (χ0n) is 15.7. The maximum absolute atomic E-state index is 14.4. The number of H-pyrrole nitrogens is 1. The Bertz CT molecular complexity index is 988. The molecule has 0 saturated heterocycles. The number of carbonyl (C=O) groups excluding carboxylic acids is 1. The summed E-state index contributed by atoms with van der Waals surface area (Å²) >= 11 is 0. The van der Waals surface area contributed by atoms with Gasteiger partial charge in [0.25, 0.3) is 0 Å². The number of fused-ring (bicyclic) bond motifs is 1. The number of anilines is 1. The predicted octanol–water partition coefficient (Wildman–Crippen LogP) is 3.41. The van der Waals surface area contributed by atoms with Gasteiger partial charge in [-0.25, -0.2) is 19.3 Å². The lowest BCUT2D eigenvalue weighted by molar-refractivity contribution is -0.121. The number of aromatic nitrogens is 4. The Balaban J connectivity index is 1.61. The van der Waals surface area contributed by atoms with E-state index in [-0.39, 0.29) is 23.8 Å². The third-order valence-electron chi connectivity index (χ3n) is 5.19. The zero-order chi connectivity index (χ0) is 19.5. The summed E-state index contributed by atoms with van der Waals surface area (Å²) in [5, 5.41) is 7.14. The number of rotatable bonds is 5. The topological polar surface area (TPSA) is 95.6 Å². The predicted molar refractivity (Wildman–Crippen MR) is 105 cm³/mol. The van der Waals surface area contributed by atoms with Gasteiger partial charge in [0.05, 0.1) is 6.20 Å². The SMILES string of the molecule is CCC(=O)N[C@H]1CCCC[C@H]1Nc1nc(-c2c[nH]c3ncccc23)ncc1F. The summed E-state index contributed by atoms with van der Waals surface area (Å²) < 4.78 is 14.4. The summed E-state index contributed by atoms with van der Waals surface area (Å²) in [5.41, 5.74) is 1.50. The smallest absolute Gasteiger partial charge is 0.220 e. The largest absolute Gasteiger partial charge is 0.363 e. The van der Waals surface area contributed by atoms with Gasteiger partial charge >= 0.3 is 0 Å². The van der Waals surface area contributed by atoms with Gasteiger partial charge in [-0.15, -0.1) is 0 Å². The maximum Gasteiger partial charge on any atom is 0.220 e. The third-order valence-corrected chi connectivity index (χ3v) is 5.19. The number of nitrogens with zero attached hydrogens (tertiary/aromatic N) is 3. The van der Waals surface area contributed by atoms with Crippen LogP contribution in [0.1, 0.15) is 39.0 Å². The number of hydrogen-bond donors (Lipinski definition) is 3. The second-order valence-electron chi connectivity index (χ2n) is 7.05. The van der Waals surface area contributed by atoms with Crippen molar-refractivity contribution >= 4 is 22.8 Å². The minimum atomic E-state index is -0.507. The van der Waals surface area contributed by atoms with Gasteiger partial charge in [0, 0.05) is 41.8 Å². The molecule has 1 saturated carbocycles. The van der Waals surface area contributed by atoms with Gasteiger partial charge in [-0.3, -0.25) is 4.79 Å². The molecule has 146 valence electrons. The fourth-order valence-corrected chi connectivity index (χ4v) is 3.70. The Kier molecular flexibility index (Phi) is 5.18. The molecule has 2 atom stereocenters. The van der Waals surface area contributed by atoms with Crippen LogP contribution >= 0.6 is 0 Å². The average Bonchev–Trinajstić information content (AvgIpc) is 3.15. The molecule has 0 aromatic carbocycles. The van der Waals surface area contributed by atoms with Crippen molar-refractivity contribution in [2.45, 2.75) is 51.1 Å². The lowest BCUT2D eigenvalue weighted by Crippen LogP contribution is -2.48. The van der Waals surface area contributed by atoms with E-state index in [1.165, 1.54) is 6.20 Å². The number of nitrogens with one attached hydrogen (secondary N) is 3. The highest BCUT2D eigenvalue weighted by molar-refractivity contribution is 5.91. The highest BCUT2D eigenvalue weighted by Gasteiger charge is 2.27. The summed E-state index contributed by atoms with van der Waals surface area (Å²) in [6.07, 6.45) is 8.90. The van der Waals surface area contributed by atoms with E-state index in [2.05, 4.69) is 30.6 Å². The molecule has 0 radical (unpaired) electrons. The molecule has 0 aliphatic heterocycles. The summed E-state index contributed by atoms with van der Waals surface area (Å²) in [6, 6.07) is 3.67. The Labute approximate surface area is 162 Å². The number of aromatic amines is 1. The normalized spacial score (nSPS) is 19.5. The van der Waals surface area contributed by atoms with Crippen LogP contribution in [0.4, 0.5) is 10.2 Å². The Morgan fingerprint density at radius 3 is 2.93 bits per heavy atom. The van der Waals surface area contributed by atoms with Crippen molar-refractivity contribution in [2.24, 2.45) is 0 Å². The van der Waals surface area contributed by atoms with Crippen molar-refractivity contribution in [3.05, 3.63) is 36.5 Å². The van der Waals surface area contributed by atoms with Gasteiger partial charge in [0.1, 0.15) is 5.65 Å². The molecule has 1 amide bonds. The van der Waals surface area contributed by atoms with Crippen LogP contribution < -0.4 is 10.6 Å². The van der Waals surface area contributed by atoms with E-state index in [0.29, 0.717) is 12.2 Å². The molecule has 4 rings (SSSR count). The molecule has 3 aromatic rings. The molecule has 8 heteroatoms. The molecule has 3 aromatic heterocycles. The van der Waals surface area contributed by atoms with Crippen LogP contribution in [0.2, 0.25) is 0 Å². The Morgan fingerprint density at radius 2 is 2.11 bits per heavy atom. The minimum Gasteiger partial charge on any atom is -0.363 e. The van der Waals surface area contributed by atoms with E-state index in [4.69, 9.17) is 0 Å². The lowest BCUT2D eigenvalue weighted by Gasteiger charge is -2.33. The molecule has 3 N–H and O–H groups in total. The average molecular weight is 382 g/mol. The first-order valence-corrected chi connectivity index (χ1v) is 9.66. The van der Waals surface area contributed by atoms with Crippen LogP contribution in [-0.4, -0.2) is 37.9 Å². The third kappa shape index (κ3) is 3.67. The second-order valence-corrected chi connectivity index (χ2v) is 7.05. The molecular formula is C20H23FN6O. The number of hydrogen-bond acceptors (Lipinski definition) is 5. The molecule has 3 heterocycles. The van der Waals surface area contributed by atoms with Gasteiger partial charge < -0.3 is 15.6 Å². The van der Waals surface area contributed by atoms with Gasteiger partial charge in [-0.1, -0.05) is 19.8 Å². The summed E-state index contributed by atoms with van der Waals surface area (Å²) in [5.74, 6) is 0.0840. The molecule has 7 nitrogen and oxygen atoms in total. The van der Waals surface area contributed by atoms with Gasteiger partial charge in [-0.05, 0) is 25.0 Å². The van der Waals surface area contributed by atoms with E-state index in [9.17, 15) is 9.18 Å². The zero-order valence-corrected chi connectivity index (χ0v) is 15.7. The first-order valence-electron chi connectivity index (χ1n) is 9.66. The number of amides is 1. The molecule has 0 spiro atoms. The van der Waals surface area contributed by atoms with Crippen molar-refractivity contribution in [3.8, 4) is 11.4 Å². The van der Waals surface area contributed by atoms with E-state index in [1.807, 2.05) is 19.1 Å². The van der Waals surface area contributed by atoms with Crippen LogP contribution in [0, 0.1) is 5.82 Å². The standard InChI is InChI=1S/C20H23FN6O/c1-2-17(28)25-15-7-3-4-8-16(15)26-20-14(21)11-24-19(27-20)13-10-23-18-12(13)6-5-9-22-18/h5-6,9-11,15-16H,2-4,7-8H2,1H3,(H,22,23)(H,25,28)(H,24,26,27)/t15-,16+/m0/s1. The van der Waals surface area contributed by atoms with Crippen LogP contribution in [0.25, 0.3) is 22.4 Å². The fourth-order valence-electron chi connectivity index (χ4n) is 3.70. The Hall–Kier alpha value is -3.03. The molecule has 1 fully saturated rings. The molecule has 1 aliphatic carbocycles. The first kappa shape index (κ1) is 18.3. The highest BCUT2D eigenvalue weighted by atomic mass is 19.1. The quantitative estimate of drug-likeness (QED) is 0.628. The summed E-state index contributed by atoms with van der Waals surface area (Å²) in [6.45, 7) is 1.83. The van der Waals surface area contributed by atoms with Crippen LogP contribution in [0.5, 0.6) is 0 Å². The van der Waals surface area contributed by atoms with Crippen LogP contribution in [0.3, 0.4) is 0 Å². The van der Waals surface area contributed by atoms with Crippen molar-refractivity contribution in [3.63, 3.8) is 0 Å². The molecule has 1 aliphatic rings. The van der Waals surface area contributed by atoms with Crippen LogP contribution in [0.15, 0.2) is 30.7 Å². The van der Waals surface area contributed by atoms with E-state index >= 15 is 0 Å². The maximum atomic E-state index is 14.4. The molecule has 0 unspecified atom stereocenters. The fraction of sp³-hybridized carbons (Fsp3) is 0.400. The van der Waals surface area contributed by atoms with Gasteiger partial charge in [-0.2, -0.15) is 0 Å². The van der Waals surface area contributed by atoms with E-state index in [1.54, 1.807) is 12.4 Å².